The molecule has 1 saturated heterocycles. The fraction of sp³-hybridized carbons (Fsp3) is 0.333. The first-order chi connectivity index (χ1) is 16.7. The number of fused-ring (bicyclic) bond motifs is 2. The van der Waals surface area contributed by atoms with Crippen molar-refractivity contribution in [1.29, 1.82) is 0 Å². The lowest BCUT2D eigenvalue weighted by molar-refractivity contribution is 0.174. The summed E-state index contributed by atoms with van der Waals surface area (Å²) < 4.78 is 18.0. The highest BCUT2D eigenvalue weighted by molar-refractivity contribution is 5.83. The van der Waals surface area contributed by atoms with E-state index in [1.54, 1.807) is 17.9 Å². The van der Waals surface area contributed by atoms with Gasteiger partial charge in [0.2, 0.25) is 6.79 Å². The van der Waals surface area contributed by atoms with Crippen molar-refractivity contribution < 1.29 is 14.2 Å². The number of tetrazole rings is 1. The summed E-state index contributed by atoms with van der Waals surface area (Å²) in [5.74, 6) is 2.74. The van der Waals surface area contributed by atoms with E-state index in [0.717, 1.165) is 42.6 Å². The molecule has 0 amide bonds. The number of methoxy groups -OCH3 is 1. The summed E-state index contributed by atoms with van der Waals surface area (Å²) in [7, 11) is 1.64. The summed E-state index contributed by atoms with van der Waals surface area (Å²) >= 11 is 0. The molecule has 2 aromatic carbocycles. The van der Waals surface area contributed by atoms with Gasteiger partial charge in [0.25, 0.3) is 5.56 Å². The van der Waals surface area contributed by atoms with Gasteiger partial charge in [-0.25, -0.2) is 4.68 Å². The number of ether oxygens (including phenoxy) is 3. The molecule has 0 saturated carbocycles. The molecule has 2 aliphatic heterocycles. The van der Waals surface area contributed by atoms with Crippen LogP contribution in [-0.4, -0.2) is 57.1 Å². The maximum Gasteiger partial charge on any atom is 0.253 e. The Labute approximate surface area is 195 Å². The summed E-state index contributed by atoms with van der Waals surface area (Å²) in [6, 6.07) is 13.1. The van der Waals surface area contributed by atoms with Gasteiger partial charge in [0.05, 0.1) is 19.2 Å². The van der Waals surface area contributed by atoms with Gasteiger partial charge in [-0.05, 0) is 66.2 Å². The van der Waals surface area contributed by atoms with E-state index in [-0.39, 0.29) is 18.4 Å². The van der Waals surface area contributed by atoms with E-state index in [4.69, 9.17) is 14.2 Å². The third-order valence-corrected chi connectivity index (χ3v) is 6.46. The molecule has 4 heterocycles. The van der Waals surface area contributed by atoms with Crippen LogP contribution in [0.4, 0.5) is 0 Å². The van der Waals surface area contributed by atoms with Gasteiger partial charge in [0.1, 0.15) is 11.8 Å². The fourth-order valence-corrected chi connectivity index (χ4v) is 4.74. The number of nitrogens with one attached hydrogen (secondary N) is 1. The van der Waals surface area contributed by atoms with Crippen LogP contribution >= 0.6 is 0 Å². The quantitative estimate of drug-likeness (QED) is 0.468. The Morgan fingerprint density at radius 3 is 2.62 bits per heavy atom. The van der Waals surface area contributed by atoms with Gasteiger partial charge in [0, 0.05) is 17.0 Å². The van der Waals surface area contributed by atoms with E-state index in [1.807, 2.05) is 36.4 Å². The minimum atomic E-state index is -0.366. The number of benzene rings is 2. The third-order valence-electron chi connectivity index (χ3n) is 6.46. The molecule has 174 valence electrons. The molecule has 0 unspecified atom stereocenters. The van der Waals surface area contributed by atoms with Crippen LogP contribution in [-0.2, 0) is 6.54 Å². The highest BCUT2D eigenvalue weighted by atomic mass is 16.7. The minimum absolute atomic E-state index is 0.165. The average Bonchev–Trinajstić information content (AvgIpc) is 3.62. The minimum Gasteiger partial charge on any atom is -0.497 e. The molecular formula is C24H24N6O4. The van der Waals surface area contributed by atoms with Crippen molar-refractivity contribution in [1.82, 2.24) is 30.1 Å². The van der Waals surface area contributed by atoms with Crippen molar-refractivity contribution in [2.75, 3.05) is 27.0 Å². The molecule has 10 heteroatoms. The topological polar surface area (TPSA) is 107 Å². The van der Waals surface area contributed by atoms with Crippen LogP contribution in [0.5, 0.6) is 17.2 Å². The first-order valence-corrected chi connectivity index (χ1v) is 11.3. The lowest BCUT2D eigenvalue weighted by atomic mass is 10.0. The Bertz CT molecular complexity index is 1390. The molecule has 0 bridgehead atoms. The Morgan fingerprint density at radius 2 is 1.85 bits per heavy atom. The largest absolute Gasteiger partial charge is 0.497 e. The number of pyridine rings is 1. The molecule has 10 nitrogen and oxygen atoms in total. The SMILES string of the molecule is COc1ccc(Cn2nnnc2[C@H](c2cc3cc4c(cc3[nH]c2=O)OCO4)N2CCCC2)cc1. The van der Waals surface area contributed by atoms with E-state index in [0.29, 0.717) is 34.9 Å². The molecule has 0 radical (unpaired) electrons. The van der Waals surface area contributed by atoms with Gasteiger partial charge in [-0.2, -0.15) is 0 Å². The molecule has 1 N–H and O–H groups in total. The predicted octanol–water partition coefficient (Wildman–Crippen LogP) is 2.49. The van der Waals surface area contributed by atoms with Crippen molar-refractivity contribution in [2.24, 2.45) is 0 Å². The normalized spacial score (nSPS) is 16.3. The number of likely N-dealkylation sites (tertiary alicyclic amines) is 1. The number of hydrogen-bond acceptors (Lipinski definition) is 8. The van der Waals surface area contributed by atoms with E-state index in [1.165, 1.54) is 0 Å². The van der Waals surface area contributed by atoms with Crippen molar-refractivity contribution in [3.8, 4) is 17.2 Å². The van der Waals surface area contributed by atoms with E-state index >= 15 is 0 Å². The number of rotatable bonds is 6. The standard InChI is InChI=1S/C24H24N6O4/c1-32-17-6-4-15(5-7-17)13-30-23(26-27-28-30)22(29-8-2-3-9-29)18-10-16-11-20-21(34-14-33-20)12-19(16)25-24(18)31/h4-7,10-12,22H,2-3,8-9,13-14H2,1H3,(H,25,31)/t22-/m0/s1. The van der Waals surface area contributed by atoms with Crippen LogP contribution in [0.15, 0.2) is 47.3 Å². The average molecular weight is 460 g/mol. The molecule has 1 fully saturated rings. The number of aromatic amines is 1. The Kier molecular flexibility index (Phi) is 5.14. The molecular weight excluding hydrogens is 436 g/mol. The number of aromatic nitrogens is 5. The molecule has 2 aromatic heterocycles. The lowest BCUT2D eigenvalue weighted by Crippen LogP contribution is -2.33. The van der Waals surface area contributed by atoms with Gasteiger partial charge >= 0.3 is 0 Å². The first-order valence-electron chi connectivity index (χ1n) is 11.3. The second-order valence-corrected chi connectivity index (χ2v) is 8.53. The maximum absolute atomic E-state index is 13.3. The molecule has 2 aliphatic rings. The van der Waals surface area contributed by atoms with Crippen LogP contribution in [0.1, 0.15) is 35.8 Å². The predicted molar refractivity (Wildman–Crippen MR) is 123 cm³/mol. The molecule has 34 heavy (non-hydrogen) atoms. The monoisotopic (exact) mass is 460 g/mol. The smallest absolute Gasteiger partial charge is 0.253 e. The van der Waals surface area contributed by atoms with Gasteiger partial charge < -0.3 is 19.2 Å². The second kappa shape index (κ2) is 8.45. The van der Waals surface area contributed by atoms with Crippen molar-refractivity contribution >= 4 is 10.9 Å². The maximum atomic E-state index is 13.3. The summed E-state index contributed by atoms with van der Waals surface area (Å²) in [6.45, 7) is 2.41. The van der Waals surface area contributed by atoms with Gasteiger partial charge in [-0.1, -0.05) is 12.1 Å². The van der Waals surface area contributed by atoms with Gasteiger partial charge in [0.15, 0.2) is 17.3 Å². The van der Waals surface area contributed by atoms with Crippen LogP contribution < -0.4 is 19.8 Å². The van der Waals surface area contributed by atoms with Gasteiger partial charge in [-0.15, -0.1) is 5.10 Å². The number of hydrogen-bond donors (Lipinski definition) is 1. The van der Waals surface area contributed by atoms with Gasteiger partial charge in [-0.3, -0.25) is 9.69 Å². The van der Waals surface area contributed by atoms with Crippen LogP contribution in [0, 0.1) is 0 Å². The third kappa shape index (κ3) is 3.65. The summed E-state index contributed by atoms with van der Waals surface area (Å²) in [6.07, 6.45) is 2.14. The number of H-pyrrole nitrogens is 1. The van der Waals surface area contributed by atoms with Crippen molar-refractivity contribution in [3.05, 3.63) is 69.8 Å². The first kappa shape index (κ1) is 20.7. The van der Waals surface area contributed by atoms with E-state index in [9.17, 15) is 4.79 Å². The zero-order valence-electron chi connectivity index (χ0n) is 18.7. The lowest BCUT2D eigenvalue weighted by Gasteiger charge is -2.26. The highest BCUT2D eigenvalue weighted by Crippen LogP contribution is 2.36. The Hall–Kier alpha value is -3.92. The van der Waals surface area contributed by atoms with E-state index in [2.05, 4.69) is 25.4 Å². The number of nitrogens with zero attached hydrogens (tertiary/aromatic N) is 5. The van der Waals surface area contributed by atoms with Crippen LogP contribution in [0.2, 0.25) is 0 Å². The second-order valence-electron chi connectivity index (χ2n) is 8.53. The van der Waals surface area contributed by atoms with E-state index < -0.39 is 0 Å². The highest BCUT2D eigenvalue weighted by Gasteiger charge is 2.32. The summed E-state index contributed by atoms with van der Waals surface area (Å²) in [5, 5.41) is 13.5. The zero-order valence-corrected chi connectivity index (χ0v) is 18.7. The molecule has 4 aromatic rings. The van der Waals surface area contributed by atoms with Crippen LogP contribution in [0.3, 0.4) is 0 Å². The zero-order chi connectivity index (χ0) is 23.1. The Morgan fingerprint density at radius 1 is 1.09 bits per heavy atom. The van der Waals surface area contributed by atoms with Crippen molar-refractivity contribution in [2.45, 2.75) is 25.4 Å². The van der Waals surface area contributed by atoms with Crippen LogP contribution in [0.25, 0.3) is 10.9 Å². The summed E-state index contributed by atoms with van der Waals surface area (Å²) in [5.41, 5.74) is 2.19. The Balaban J connectivity index is 1.43. The van der Waals surface area contributed by atoms with Crippen molar-refractivity contribution in [3.63, 3.8) is 0 Å². The molecule has 1 atom stereocenters. The fourth-order valence-electron chi connectivity index (χ4n) is 4.74. The molecule has 0 spiro atoms. The molecule has 0 aliphatic carbocycles. The molecule has 6 rings (SSSR count). The summed E-state index contributed by atoms with van der Waals surface area (Å²) in [4.78, 5) is 18.6.